The van der Waals surface area contributed by atoms with E-state index >= 15 is 0 Å². The number of unbranched alkanes of at least 4 members (excludes halogenated alkanes) is 2. The van der Waals surface area contributed by atoms with Gasteiger partial charge in [-0.05, 0) is 44.4 Å². The Labute approximate surface area is 160 Å². The average molecular weight is 400 g/mol. The molecule has 3 atom stereocenters. The van der Waals surface area contributed by atoms with Crippen LogP contribution in [0, 0.1) is 5.92 Å². The van der Waals surface area contributed by atoms with Crippen LogP contribution in [0.2, 0.25) is 0 Å². The van der Waals surface area contributed by atoms with E-state index in [9.17, 15) is 22.8 Å². The number of hydrogen-bond donors (Lipinski definition) is 2. The Kier molecular flexibility index (Phi) is 7.02. The van der Waals surface area contributed by atoms with Gasteiger partial charge in [0.05, 0.1) is 5.75 Å². The lowest BCUT2D eigenvalue weighted by Crippen LogP contribution is -2.55. The van der Waals surface area contributed by atoms with Crippen LogP contribution >= 0.6 is 0 Å². The van der Waals surface area contributed by atoms with Crippen LogP contribution in [0.4, 0.5) is 0 Å². The quantitative estimate of drug-likeness (QED) is 0.302. The van der Waals surface area contributed by atoms with E-state index in [2.05, 4.69) is 16.6 Å². The number of rotatable bonds is 11. The van der Waals surface area contributed by atoms with Gasteiger partial charge in [-0.1, -0.05) is 19.4 Å². The van der Waals surface area contributed by atoms with E-state index in [1.165, 1.54) is 4.90 Å². The van der Waals surface area contributed by atoms with Gasteiger partial charge in [0.2, 0.25) is 22.3 Å². The van der Waals surface area contributed by atoms with Gasteiger partial charge < -0.3 is 10.2 Å². The zero-order valence-corrected chi connectivity index (χ0v) is 16.6. The lowest BCUT2D eigenvalue weighted by molar-refractivity contribution is -0.134. The van der Waals surface area contributed by atoms with Crippen molar-refractivity contribution in [1.29, 1.82) is 0 Å². The Bertz CT molecular complexity index is 693. The van der Waals surface area contributed by atoms with Crippen LogP contribution in [0.5, 0.6) is 0 Å². The molecule has 2 fully saturated rings. The third-order valence-corrected chi connectivity index (χ3v) is 6.72. The molecular weight excluding hydrogens is 370 g/mol. The first-order valence-corrected chi connectivity index (χ1v) is 11.1. The van der Waals surface area contributed by atoms with Crippen molar-refractivity contribution < 1.29 is 22.8 Å². The molecule has 152 valence electrons. The highest BCUT2D eigenvalue weighted by atomic mass is 32.2. The molecule has 0 aromatic carbocycles. The van der Waals surface area contributed by atoms with Gasteiger partial charge in [-0.2, -0.15) is 0 Å². The Morgan fingerprint density at radius 1 is 1.33 bits per heavy atom. The number of amides is 3. The Morgan fingerprint density at radius 2 is 2.07 bits per heavy atom. The number of sulfonamides is 1. The molecule has 0 spiro atoms. The van der Waals surface area contributed by atoms with E-state index in [0.29, 0.717) is 45.1 Å². The van der Waals surface area contributed by atoms with Crippen molar-refractivity contribution in [1.82, 2.24) is 14.9 Å². The molecule has 9 heteroatoms. The minimum absolute atomic E-state index is 0.108. The summed E-state index contributed by atoms with van der Waals surface area (Å²) in [6, 6.07) is -0.596. The summed E-state index contributed by atoms with van der Waals surface area (Å²) >= 11 is 0. The highest BCUT2D eigenvalue weighted by Crippen LogP contribution is 2.46. The summed E-state index contributed by atoms with van der Waals surface area (Å²) in [5.74, 6) is -1.32. The number of nitrogens with one attached hydrogen (secondary N) is 2. The highest BCUT2D eigenvalue weighted by Gasteiger charge is 2.61. The molecule has 8 nitrogen and oxygen atoms in total. The molecule has 1 aliphatic carbocycles. The zero-order chi connectivity index (χ0) is 20.1. The van der Waals surface area contributed by atoms with E-state index in [1.807, 2.05) is 6.92 Å². The molecule has 2 rings (SSSR count). The van der Waals surface area contributed by atoms with E-state index in [0.717, 1.165) is 12.8 Å². The molecule has 0 radical (unpaired) electrons. The summed E-state index contributed by atoms with van der Waals surface area (Å²) in [5, 5.41) is 2.74. The van der Waals surface area contributed by atoms with Crippen molar-refractivity contribution in [3.8, 4) is 0 Å². The minimum Gasteiger partial charge on any atom is -0.340 e. The summed E-state index contributed by atoms with van der Waals surface area (Å²) in [4.78, 5) is 37.8. The predicted molar refractivity (Wildman–Crippen MR) is 101 cm³/mol. The van der Waals surface area contributed by atoms with E-state index in [-0.39, 0.29) is 11.7 Å². The third kappa shape index (κ3) is 5.09. The molecule has 1 saturated carbocycles. The zero-order valence-electron chi connectivity index (χ0n) is 15.8. The van der Waals surface area contributed by atoms with Crippen LogP contribution in [-0.4, -0.2) is 55.4 Å². The maximum atomic E-state index is 12.7. The van der Waals surface area contributed by atoms with Crippen molar-refractivity contribution in [2.75, 3.05) is 12.3 Å². The first-order valence-electron chi connectivity index (χ1n) is 9.48. The molecule has 27 heavy (non-hydrogen) atoms. The van der Waals surface area contributed by atoms with Crippen molar-refractivity contribution in [3.05, 3.63) is 12.7 Å². The maximum Gasteiger partial charge on any atom is 0.259 e. The number of hydrogen-bond acceptors (Lipinski definition) is 5. The number of carbonyl (C=O) groups is 3. The topological polar surface area (TPSA) is 113 Å². The summed E-state index contributed by atoms with van der Waals surface area (Å²) in [6.45, 7) is 5.99. The number of nitrogens with zero attached hydrogens (tertiary/aromatic N) is 1. The maximum absolute atomic E-state index is 12.7. The fourth-order valence-electron chi connectivity index (χ4n) is 3.67. The van der Waals surface area contributed by atoms with Crippen LogP contribution in [0.25, 0.3) is 0 Å². The molecule has 2 aliphatic rings. The van der Waals surface area contributed by atoms with Crippen LogP contribution in [0.1, 0.15) is 51.9 Å². The molecule has 0 aromatic rings. The fourth-order valence-corrected chi connectivity index (χ4v) is 4.83. The summed E-state index contributed by atoms with van der Waals surface area (Å²) < 4.78 is 26.5. The predicted octanol–water partition coefficient (Wildman–Crippen LogP) is 0.694. The van der Waals surface area contributed by atoms with Crippen molar-refractivity contribution in [3.63, 3.8) is 0 Å². The van der Waals surface area contributed by atoms with Crippen LogP contribution in [0.3, 0.4) is 0 Å². The average Bonchev–Trinajstić information content (AvgIpc) is 3.12. The normalized spacial score (nSPS) is 27.1. The largest absolute Gasteiger partial charge is 0.340 e. The van der Waals surface area contributed by atoms with Gasteiger partial charge in [-0.15, -0.1) is 6.58 Å². The van der Waals surface area contributed by atoms with Crippen molar-refractivity contribution >= 4 is 28.2 Å². The summed E-state index contributed by atoms with van der Waals surface area (Å²) in [5.41, 5.74) is -1.20. The second-order valence-electron chi connectivity index (χ2n) is 7.31. The molecule has 1 heterocycles. The molecule has 1 aliphatic heterocycles. The molecule has 3 unspecified atom stereocenters. The second-order valence-corrected chi connectivity index (χ2v) is 9.15. The Morgan fingerprint density at radius 3 is 2.67 bits per heavy atom. The van der Waals surface area contributed by atoms with Gasteiger partial charge in [0.15, 0.2) is 0 Å². The number of likely N-dealkylation sites (tertiary alicyclic amines) is 1. The number of allylic oxidation sites excluding steroid dienone is 1. The molecule has 0 bridgehead atoms. The Balaban J connectivity index is 2.00. The lowest BCUT2D eigenvalue weighted by atomic mass is 10.1. The van der Waals surface area contributed by atoms with Crippen molar-refractivity contribution in [2.24, 2.45) is 5.92 Å². The van der Waals surface area contributed by atoms with Crippen LogP contribution in [0.15, 0.2) is 12.7 Å². The smallest absolute Gasteiger partial charge is 0.259 e. The SMILES string of the molecule is C=CCCCCS(=O)(=O)NC(=O)C1(NC(=O)C2CCCN2C=O)CC1CC. The third-order valence-electron chi connectivity index (χ3n) is 5.40. The summed E-state index contributed by atoms with van der Waals surface area (Å²) in [7, 11) is -3.76. The van der Waals surface area contributed by atoms with Crippen LogP contribution in [-0.2, 0) is 24.4 Å². The first-order chi connectivity index (χ1) is 12.8. The molecule has 3 amide bonds. The Hall–Kier alpha value is -1.90. The fraction of sp³-hybridized carbons (Fsp3) is 0.722. The van der Waals surface area contributed by atoms with E-state index in [1.54, 1.807) is 6.08 Å². The van der Waals surface area contributed by atoms with Gasteiger partial charge in [0.1, 0.15) is 11.6 Å². The molecular formula is C18H29N3O5S. The minimum atomic E-state index is -3.76. The standard InChI is InChI=1S/C18H29N3O5S/c1-3-5-6-7-11-27(25,26)20-17(24)18(12-14(18)4-2)19-16(23)15-9-8-10-21(15)13-22/h3,13-15H,1,4-12H2,2H3,(H,19,23)(H,20,24). The first kappa shape index (κ1) is 21.4. The van der Waals surface area contributed by atoms with Gasteiger partial charge in [0, 0.05) is 6.54 Å². The number of carbonyl (C=O) groups excluding carboxylic acids is 3. The second kappa shape index (κ2) is 8.86. The van der Waals surface area contributed by atoms with Gasteiger partial charge in [0.25, 0.3) is 5.91 Å². The van der Waals surface area contributed by atoms with Gasteiger partial charge >= 0.3 is 0 Å². The highest BCUT2D eigenvalue weighted by molar-refractivity contribution is 7.90. The molecule has 1 saturated heterocycles. The van der Waals surface area contributed by atoms with Gasteiger partial charge in [-0.25, -0.2) is 8.42 Å². The van der Waals surface area contributed by atoms with Crippen molar-refractivity contribution in [2.45, 2.75) is 63.5 Å². The summed E-state index contributed by atoms with van der Waals surface area (Å²) in [6.07, 6.45) is 6.52. The van der Waals surface area contributed by atoms with Crippen LogP contribution < -0.4 is 10.0 Å². The monoisotopic (exact) mass is 399 g/mol. The van der Waals surface area contributed by atoms with Gasteiger partial charge in [-0.3, -0.25) is 19.1 Å². The van der Waals surface area contributed by atoms with E-state index in [4.69, 9.17) is 0 Å². The van der Waals surface area contributed by atoms with E-state index < -0.39 is 33.4 Å². The molecule has 2 N–H and O–H groups in total. The molecule has 0 aromatic heterocycles. The lowest BCUT2D eigenvalue weighted by Gasteiger charge is -2.24.